The van der Waals surface area contributed by atoms with Crippen molar-refractivity contribution in [2.45, 2.75) is 17.9 Å². The molecule has 1 amide bonds. The molecule has 1 aliphatic heterocycles. The maximum Gasteiger partial charge on any atom is 0.294 e. The second kappa shape index (κ2) is 8.57. The number of carbonyl (C=O) groups excluding carboxylic acids is 1. The monoisotopic (exact) mass is 471 g/mol. The molecule has 3 aromatic rings. The van der Waals surface area contributed by atoms with Crippen LogP contribution in [0.1, 0.15) is 6.92 Å². The minimum atomic E-state index is -4.29. The highest BCUT2D eigenvalue weighted by Gasteiger charge is 2.36. The van der Waals surface area contributed by atoms with Gasteiger partial charge in [-0.2, -0.15) is 28.8 Å². The van der Waals surface area contributed by atoms with E-state index in [1.807, 2.05) is 29.6 Å². The van der Waals surface area contributed by atoms with E-state index in [-0.39, 0.29) is 4.90 Å². The lowest BCUT2D eigenvalue weighted by Crippen LogP contribution is -2.29. The first-order valence-corrected chi connectivity index (χ1v) is 11.6. The molecule has 0 saturated carbocycles. The molecule has 1 aliphatic rings. The number of anilines is 1. The molecule has 1 atom stereocenters. The summed E-state index contributed by atoms with van der Waals surface area (Å²) in [5, 5.41) is 15.8. The fourth-order valence-corrected chi connectivity index (χ4v) is 4.16. The molecule has 1 unspecified atom stereocenters. The summed E-state index contributed by atoms with van der Waals surface area (Å²) in [6.45, 7) is 1.67. The molecule has 0 bridgehead atoms. The second-order valence-corrected chi connectivity index (χ2v) is 8.98. The number of amides is 1. The summed E-state index contributed by atoms with van der Waals surface area (Å²) in [6.07, 6.45) is 0. The molecule has 32 heavy (non-hydrogen) atoms. The van der Waals surface area contributed by atoms with Gasteiger partial charge in [0.25, 0.3) is 16.0 Å². The molecule has 0 fully saturated rings. The number of hydrazone groups is 1. The molecule has 2 aromatic carbocycles. The minimum Gasteiger partial charge on any atom is -0.497 e. The van der Waals surface area contributed by atoms with Gasteiger partial charge in [0.15, 0.2) is 6.04 Å². The predicted molar refractivity (Wildman–Crippen MR) is 119 cm³/mol. The largest absolute Gasteiger partial charge is 0.497 e. The van der Waals surface area contributed by atoms with Gasteiger partial charge >= 0.3 is 0 Å². The van der Waals surface area contributed by atoms with Crippen LogP contribution in [0.25, 0.3) is 11.3 Å². The third kappa shape index (κ3) is 4.42. The zero-order valence-corrected chi connectivity index (χ0v) is 18.5. The van der Waals surface area contributed by atoms with E-state index in [1.165, 1.54) is 40.6 Å². The molecular formula is C20H17N5O5S2. The number of hydrogen-bond donors (Lipinski definition) is 1. The zero-order valence-electron chi connectivity index (χ0n) is 16.9. The van der Waals surface area contributed by atoms with Gasteiger partial charge in [0, 0.05) is 10.9 Å². The zero-order chi connectivity index (χ0) is 22.9. The van der Waals surface area contributed by atoms with Crippen LogP contribution in [-0.4, -0.2) is 42.7 Å². The fourth-order valence-electron chi connectivity index (χ4n) is 2.89. The quantitative estimate of drug-likeness (QED) is 0.427. The van der Waals surface area contributed by atoms with Crippen molar-refractivity contribution < 1.29 is 22.5 Å². The Morgan fingerprint density at radius 2 is 1.81 bits per heavy atom. The first-order chi connectivity index (χ1) is 15.3. The molecule has 10 nitrogen and oxygen atoms in total. The van der Waals surface area contributed by atoms with Crippen molar-refractivity contribution >= 4 is 43.9 Å². The van der Waals surface area contributed by atoms with Crippen molar-refractivity contribution in [1.29, 1.82) is 0 Å². The first-order valence-electron chi connectivity index (χ1n) is 9.23. The summed E-state index contributed by atoms with van der Waals surface area (Å²) in [7, 11) is -2.70. The van der Waals surface area contributed by atoms with Crippen molar-refractivity contribution in [2.75, 3.05) is 12.1 Å². The van der Waals surface area contributed by atoms with Crippen LogP contribution in [0.3, 0.4) is 0 Å². The van der Waals surface area contributed by atoms with E-state index < -0.39 is 22.1 Å². The van der Waals surface area contributed by atoms with Crippen molar-refractivity contribution in [3.8, 4) is 17.0 Å². The molecule has 0 spiro atoms. The first kappa shape index (κ1) is 21.7. The lowest BCUT2D eigenvalue weighted by Gasteiger charge is -2.08. The number of hydrogen-bond acceptors (Lipinski definition) is 9. The minimum absolute atomic E-state index is 0.256. The Labute approximate surface area is 187 Å². The van der Waals surface area contributed by atoms with Crippen molar-refractivity contribution in [3.63, 3.8) is 0 Å². The predicted octanol–water partition coefficient (Wildman–Crippen LogP) is 3.94. The topological polar surface area (TPSA) is 134 Å². The van der Waals surface area contributed by atoms with Crippen LogP contribution in [0.2, 0.25) is 0 Å². The standard InChI is InChI=1S/C20H17N5O5S2/c1-12-18(23-22-14-5-9-16(10-6-14)32(27,28)29)19(26)25(24-12)20-21-17(11-31-20)13-3-7-15(30-2)8-4-13/h3-11,18H,1-2H3,(H,27,28,29). The maximum absolute atomic E-state index is 12.8. The van der Waals surface area contributed by atoms with Gasteiger partial charge in [-0.15, -0.1) is 11.3 Å². The summed E-state index contributed by atoms with van der Waals surface area (Å²) in [6, 6.07) is 11.6. The van der Waals surface area contributed by atoms with Crippen LogP contribution in [0.5, 0.6) is 5.75 Å². The van der Waals surface area contributed by atoms with Crippen molar-refractivity contribution in [3.05, 3.63) is 53.9 Å². The number of nitrogens with zero attached hydrogens (tertiary/aromatic N) is 5. The van der Waals surface area contributed by atoms with Gasteiger partial charge < -0.3 is 4.74 Å². The van der Waals surface area contributed by atoms with E-state index in [2.05, 4.69) is 20.3 Å². The van der Waals surface area contributed by atoms with Crippen LogP contribution in [-0.2, 0) is 14.9 Å². The molecule has 0 saturated heterocycles. The number of benzene rings is 2. The highest BCUT2D eigenvalue weighted by Crippen LogP contribution is 2.31. The van der Waals surface area contributed by atoms with Crippen LogP contribution in [0, 0.1) is 0 Å². The molecular weight excluding hydrogens is 454 g/mol. The molecule has 12 heteroatoms. The lowest BCUT2D eigenvalue weighted by atomic mass is 10.2. The number of methoxy groups -OCH3 is 1. The molecule has 4 rings (SSSR count). The van der Waals surface area contributed by atoms with Crippen LogP contribution in [0.15, 0.2) is 74.1 Å². The molecule has 0 aliphatic carbocycles. The van der Waals surface area contributed by atoms with Gasteiger partial charge in [-0.3, -0.25) is 9.35 Å². The van der Waals surface area contributed by atoms with E-state index in [0.717, 1.165) is 11.3 Å². The fraction of sp³-hybridized carbons (Fsp3) is 0.150. The molecule has 164 valence electrons. The number of ether oxygens (including phenoxy) is 1. The van der Waals surface area contributed by atoms with E-state index >= 15 is 0 Å². The smallest absolute Gasteiger partial charge is 0.294 e. The van der Waals surface area contributed by atoms with Crippen LogP contribution in [0.4, 0.5) is 10.8 Å². The van der Waals surface area contributed by atoms with E-state index in [1.54, 1.807) is 14.0 Å². The Bertz CT molecular complexity index is 1320. The Kier molecular flexibility index (Phi) is 5.82. The van der Waals surface area contributed by atoms with Gasteiger partial charge in [-0.1, -0.05) is 0 Å². The number of rotatable bonds is 6. The van der Waals surface area contributed by atoms with Crippen molar-refractivity contribution in [1.82, 2.24) is 4.98 Å². The van der Waals surface area contributed by atoms with E-state index in [9.17, 15) is 13.2 Å². The van der Waals surface area contributed by atoms with Gasteiger partial charge in [-0.05, 0) is 55.5 Å². The molecule has 2 heterocycles. The van der Waals surface area contributed by atoms with Crippen molar-refractivity contribution in [2.24, 2.45) is 15.3 Å². The van der Waals surface area contributed by atoms with Gasteiger partial charge in [-0.25, -0.2) is 4.98 Å². The summed E-state index contributed by atoms with van der Waals surface area (Å²) in [5.74, 6) is 0.344. The third-order valence-electron chi connectivity index (χ3n) is 4.58. The molecule has 1 N–H and O–H groups in total. The highest BCUT2D eigenvalue weighted by molar-refractivity contribution is 7.85. The third-order valence-corrected chi connectivity index (χ3v) is 6.26. The Morgan fingerprint density at radius 3 is 2.44 bits per heavy atom. The van der Waals surface area contributed by atoms with Crippen LogP contribution >= 0.6 is 11.3 Å². The highest BCUT2D eigenvalue weighted by atomic mass is 32.2. The summed E-state index contributed by atoms with van der Waals surface area (Å²) in [4.78, 5) is 17.1. The van der Waals surface area contributed by atoms with Gasteiger partial charge in [0.05, 0.1) is 29.1 Å². The Hall–Kier alpha value is -3.48. The van der Waals surface area contributed by atoms with Gasteiger partial charge in [0.1, 0.15) is 5.75 Å². The Balaban J connectivity index is 1.50. The normalized spacial score (nSPS) is 16.6. The Morgan fingerprint density at radius 1 is 1.12 bits per heavy atom. The van der Waals surface area contributed by atoms with E-state index in [4.69, 9.17) is 9.29 Å². The number of carbonyl (C=O) groups is 1. The summed E-state index contributed by atoms with van der Waals surface area (Å²) in [5.41, 5.74) is 2.37. The maximum atomic E-state index is 12.8. The van der Waals surface area contributed by atoms with Crippen LogP contribution < -0.4 is 9.75 Å². The average molecular weight is 472 g/mol. The molecule has 1 aromatic heterocycles. The summed E-state index contributed by atoms with van der Waals surface area (Å²) < 4.78 is 36.4. The number of azo groups is 1. The average Bonchev–Trinajstić information content (AvgIpc) is 3.37. The number of thiazole rings is 1. The van der Waals surface area contributed by atoms with E-state index in [0.29, 0.717) is 22.2 Å². The second-order valence-electron chi connectivity index (χ2n) is 6.72. The summed E-state index contributed by atoms with van der Waals surface area (Å²) >= 11 is 1.28. The molecule has 0 radical (unpaired) electrons. The van der Waals surface area contributed by atoms with Gasteiger partial charge in [0.2, 0.25) is 5.13 Å². The number of aromatic nitrogens is 1. The SMILES string of the molecule is COc1ccc(-c2csc(N3N=C(C)C(N=Nc4ccc(S(=O)(=O)O)cc4)C3=O)n2)cc1. The lowest BCUT2D eigenvalue weighted by molar-refractivity contribution is -0.117.